The zero-order valence-electron chi connectivity index (χ0n) is 12.0. The number of nitrogens with one attached hydrogen (secondary N) is 1. The van der Waals surface area contributed by atoms with Gasteiger partial charge in [0.1, 0.15) is 5.82 Å². The number of hydrogen-bond acceptors (Lipinski definition) is 3. The van der Waals surface area contributed by atoms with Gasteiger partial charge < -0.3 is 5.32 Å². The summed E-state index contributed by atoms with van der Waals surface area (Å²) in [6.45, 7) is 6.76. The third kappa shape index (κ3) is 3.08. The van der Waals surface area contributed by atoms with E-state index in [-0.39, 0.29) is 0 Å². The van der Waals surface area contributed by atoms with E-state index in [1.54, 1.807) is 0 Å². The third-order valence-electron chi connectivity index (χ3n) is 4.08. The summed E-state index contributed by atoms with van der Waals surface area (Å²) in [5.74, 6) is 3.26. The molecule has 0 amide bonds. The van der Waals surface area contributed by atoms with Crippen LogP contribution in [0.5, 0.6) is 0 Å². The highest BCUT2D eigenvalue weighted by atomic mass is 15.0. The van der Waals surface area contributed by atoms with Crippen molar-refractivity contribution in [2.45, 2.75) is 46.1 Å². The minimum atomic E-state index is 0.302. The maximum absolute atomic E-state index is 4.50. The van der Waals surface area contributed by atoms with Crippen LogP contribution in [0.1, 0.15) is 50.5 Å². The van der Waals surface area contributed by atoms with Crippen LogP contribution in [-0.2, 0) is 0 Å². The van der Waals surface area contributed by atoms with Gasteiger partial charge in [-0.2, -0.15) is 0 Å². The van der Waals surface area contributed by atoms with Crippen molar-refractivity contribution in [2.75, 3.05) is 7.05 Å². The monoisotopic (exact) mass is 247 g/mol. The van der Waals surface area contributed by atoms with Crippen molar-refractivity contribution in [3.8, 4) is 0 Å². The van der Waals surface area contributed by atoms with Crippen LogP contribution in [0.4, 0.5) is 0 Å². The van der Waals surface area contributed by atoms with Crippen LogP contribution in [0.15, 0.2) is 12.4 Å². The van der Waals surface area contributed by atoms with E-state index in [4.69, 9.17) is 0 Å². The van der Waals surface area contributed by atoms with Crippen LogP contribution in [0.2, 0.25) is 0 Å². The van der Waals surface area contributed by atoms with Gasteiger partial charge in [-0.1, -0.05) is 13.8 Å². The van der Waals surface area contributed by atoms with Gasteiger partial charge in [-0.25, -0.2) is 9.97 Å². The van der Waals surface area contributed by atoms with Gasteiger partial charge in [-0.05, 0) is 56.6 Å². The normalized spacial score (nSPS) is 30.1. The average molecular weight is 247 g/mol. The molecular formula is C15H25N3. The van der Waals surface area contributed by atoms with E-state index in [1.165, 1.54) is 19.3 Å². The number of hydrogen-bond donors (Lipinski definition) is 1. The molecule has 100 valence electrons. The summed E-state index contributed by atoms with van der Waals surface area (Å²) in [6, 6.07) is 0.302. The maximum atomic E-state index is 4.50. The molecule has 3 atom stereocenters. The van der Waals surface area contributed by atoms with Crippen molar-refractivity contribution in [3.63, 3.8) is 0 Å². The molecule has 3 heteroatoms. The second-order valence-corrected chi connectivity index (χ2v) is 6.06. The minimum Gasteiger partial charge on any atom is -0.310 e. The summed E-state index contributed by atoms with van der Waals surface area (Å²) in [4.78, 5) is 9.00. The van der Waals surface area contributed by atoms with Gasteiger partial charge in [-0.3, -0.25) is 0 Å². The molecule has 0 bridgehead atoms. The van der Waals surface area contributed by atoms with Gasteiger partial charge in [0.25, 0.3) is 0 Å². The fourth-order valence-corrected chi connectivity index (χ4v) is 3.42. The van der Waals surface area contributed by atoms with Crippen molar-refractivity contribution >= 4 is 0 Å². The molecule has 1 aromatic heterocycles. The molecule has 0 spiro atoms. The summed E-state index contributed by atoms with van der Waals surface area (Å²) in [6.07, 6.45) is 7.77. The lowest BCUT2D eigenvalue weighted by Gasteiger charge is -2.35. The van der Waals surface area contributed by atoms with Gasteiger partial charge in [0.05, 0.1) is 6.04 Å². The molecule has 1 aromatic rings. The second kappa shape index (κ2) is 5.79. The lowest BCUT2D eigenvalue weighted by atomic mass is 9.73. The smallest absolute Gasteiger partial charge is 0.145 e. The quantitative estimate of drug-likeness (QED) is 0.891. The van der Waals surface area contributed by atoms with Gasteiger partial charge in [-0.15, -0.1) is 0 Å². The molecule has 1 heterocycles. The molecule has 0 aromatic carbocycles. The Hall–Kier alpha value is -0.960. The predicted molar refractivity (Wildman–Crippen MR) is 74.2 cm³/mol. The SMILES string of the molecule is CNC(c1ncc(C)cn1)C1CC(C)CC(C)C1. The number of aryl methyl sites for hydroxylation is 1. The molecule has 1 saturated carbocycles. The molecule has 3 unspecified atom stereocenters. The fourth-order valence-electron chi connectivity index (χ4n) is 3.42. The Labute approximate surface area is 110 Å². The number of nitrogens with zero attached hydrogens (tertiary/aromatic N) is 2. The molecule has 0 radical (unpaired) electrons. The number of rotatable bonds is 3. The van der Waals surface area contributed by atoms with E-state index in [0.717, 1.165) is 23.2 Å². The molecule has 3 nitrogen and oxygen atoms in total. The van der Waals surface area contributed by atoms with E-state index in [2.05, 4.69) is 29.1 Å². The van der Waals surface area contributed by atoms with Gasteiger partial charge in [0, 0.05) is 12.4 Å². The van der Waals surface area contributed by atoms with Gasteiger partial charge >= 0.3 is 0 Å². The van der Waals surface area contributed by atoms with Gasteiger partial charge in [0.15, 0.2) is 0 Å². The van der Waals surface area contributed by atoms with Crippen molar-refractivity contribution in [1.82, 2.24) is 15.3 Å². The summed E-state index contributed by atoms with van der Waals surface area (Å²) < 4.78 is 0. The first-order chi connectivity index (χ1) is 8.60. The van der Waals surface area contributed by atoms with Crippen molar-refractivity contribution in [1.29, 1.82) is 0 Å². The molecular weight excluding hydrogens is 222 g/mol. The van der Waals surface area contributed by atoms with Crippen LogP contribution >= 0.6 is 0 Å². The second-order valence-electron chi connectivity index (χ2n) is 6.06. The lowest BCUT2D eigenvalue weighted by molar-refractivity contribution is 0.177. The molecule has 18 heavy (non-hydrogen) atoms. The maximum Gasteiger partial charge on any atom is 0.145 e. The Bertz CT molecular complexity index is 364. The first-order valence-electron chi connectivity index (χ1n) is 7.06. The Kier molecular flexibility index (Phi) is 4.33. The van der Waals surface area contributed by atoms with Crippen LogP contribution in [0.3, 0.4) is 0 Å². The third-order valence-corrected chi connectivity index (χ3v) is 4.08. The largest absolute Gasteiger partial charge is 0.310 e. The van der Waals surface area contributed by atoms with Crippen LogP contribution in [-0.4, -0.2) is 17.0 Å². The first-order valence-corrected chi connectivity index (χ1v) is 7.06. The Morgan fingerprint density at radius 2 is 1.67 bits per heavy atom. The van der Waals surface area contributed by atoms with E-state index in [1.807, 2.05) is 26.4 Å². The number of aromatic nitrogens is 2. The standard InChI is InChI=1S/C15H25N3/c1-10-5-11(2)7-13(6-10)14(16-4)15-17-8-12(3)9-18-15/h8-11,13-14,16H,5-7H2,1-4H3. The van der Waals surface area contributed by atoms with Crippen LogP contribution < -0.4 is 5.32 Å². The van der Waals surface area contributed by atoms with E-state index >= 15 is 0 Å². The van der Waals surface area contributed by atoms with Crippen molar-refractivity contribution in [2.24, 2.45) is 17.8 Å². The molecule has 1 aliphatic carbocycles. The highest BCUT2D eigenvalue weighted by Crippen LogP contribution is 2.38. The fraction of sp³-hybridized carbons (Fsp3) is 0.733. The zero-order chi connectivity index (χ0) is 13.1. The highest BCUT2D eigenvalue weighted by molar-refractivity contribution is 5.06. The average Bonchev–Trinajstić information content (AvgIpc) is 2.31. The van der Waals surface area contributed by atoms with Crippen molar-refractivity contribution in [3.05, 3.63) is 23.8 Å². The van der Waals surface area contributed by atoms with Crippen LogP contribution in [0.25, 0.3) is 0 Å². The summed E-state index contributed by atoms with van der Waals surface area (Å²) in [7, 11) is 2.03. The Morgan fingerprint density at radius 1 is 1.11 bits per heavy atom. The summed E-state index contributed by atoms with van der Waals surface area (Å²) in [5, 5.41) is 3.42. The molecule has 1 N–H and O–H groups in total. The van der Waals surface area contributed by atoms with Crippen LogP contribution in [0, 0.1) is 24.7 Å². The Morgan fingerprint density at radius 3 is 2.17 bits per heavy atom. The van der Waals surface area contributed by atoms with E-state index in [0.29, 0.717) is 12.0 Å². The molecule has 1 aliphatic rings. The Balaban J connectivity index is 2.14. The van der Waals surface area contributed by atoms with Crippen molar-refractivity contribution < 1.29 is 0 Å². The molecule has 2 rings (SSSR count). The predicted octanol–water partition coefficient (Wildman–Crippen LogP) is 3.12. The molecule has 1 fully saturated rings. The summed E-state index contributed by atoms with van der Waals surface area (Å²) in [5.41, 5.74) is 1.12. The zero-order valence-corrected chi connectivity index (χ0v) is 12.0. The molecule has 0 aliphatic heterocycles. The topological polar surface area (TPSA) is 37.8 Å². The van der Waals surface area contributed by atoms with E-state index < -0.39 is 0 Å². The van der Waals surface area contributed by atoms with E-state index in [9.17, 15) is 0 Å². The minimum absolute atomic E-state index is 0.302. The first kappa shape index (κ1) is 13.5. The lowest BCUT2D eigenvalue weighted by Crippen LogP contribution is -2.32. The molecule has 0 saturated heterocycles. The van der Waals surface area contributed by atoms with Gasteiger partial charge in [0.2, 0.25) is 0 Å². The highest BCUT2D eigenvalue weighted by Gasteiger charge is 2.31. The summed E-state index contributed by atoms with van der Waals surface area (Å²) >= 11 is 0.